The summed E-state index contributed by atoms with van der Waals surface area (Å²) in [5.41, 5.74) is -0.486. The highest BCUT2D eigenvalue weighted by Crippen LogP contribution is 2.19. The minimum atomic E-state index is -0.486. The summed E-state index contributed by atoms with van der Waals surface area (Å²) in [5, 5.41) is 6.04. The van der Waals surface area contributed by atoms with Crippen molar-refractivity contribution in [3.8, 4) is 0 Å². The molecule has 0 bridgehead atoms. The maximum absolute atomic E-state index is 11.9. The van der Waals surface area contributed by atoms with Gasteiger partial charge in [0.1, 0.15) is 5.54 Å². The van der Waals surface area contributed by atoms with Crippen LogP contribution in [-0.4, -0.2) is 24.0 Å². The summed E-state index contributed by atoms with van der Waals surface area (Å²) in [6.07, 6.45) is 1.88. The van der Waals surface area contributed by atoms with E-state index in [9.17, 15) is 4.79 Å². The van der Waals surface area contributed by atoms with Crippen LogP contribution in [0.1, 0.15) is 47.5 Å². The Hall–Kier alpha value is -1.06. The van der Waals surface area contributed by atoms with Gasteiger partial charge in [0.05, 0.1) is 0 Å². The highest BCUT2D eigenvalue weighted by molar-refractivity contribution is 6.08. The lowest BCUT2D eigenvalue weighted by Crippen LogP contribution is -2.43. The number of carbonyl (C=O) groups is 1. The molecule has 0 aromatic heterocycles. The molecule has 1 heterocycles. The van der Waals surface area contributed by atoms with Crippen molar-refractivity contribution in [1.29, 1.82) is 0 Å². The molecular weight excluding hydrogens is 214 g/mol. The van der Waals surface area contributed by atoms with Gasteiger partial charge >= 0.3 is 0 Å². The summed E-state index contributed by atoms with van der Waals surface area (Å²) >= 11 is 0. The monoisotopic (exact) mass is 239 g/mol. The average molecular weight is 239 g/mol. The molecule has 0 aromatic rings. The summed E-state index contributed by atoms with van der Waals surface area (Å²) in [6, 6.07) is 0. The summed E-state index contributed by atoms with van der Waals surface area (Å²) in [4.78, 5) is 16.3. The second kappa shape index (κ2) is 5.52. The first-order chi connectivity index (χ1) is 7.83. The predicted molar refractivity (Wildman–Crippen MR) is 70.9 cm³/mol. The van der Waals surface area contributed by atoms with Crippen LogP contribution in [-0.2, 0) is 4.79 Å². The van der Waals surface area contributed by atoms with Crippen LogP contribution in [0, 0.1) is 11.8 Å². The summed E-state index contributed by atoms with van der Waals surface area (Å²) in [6.45, 7) is 11.2. The van der Waals surface area contributed by atoms with Crippen molar-refractivity contribution in [2.24, 2.45) is 16.8 Å². The summed E-state index contributed by atoms with van der Waals surface area (Å²) < 4.78 is 0. The van der Waals surface area contributed by atoms with Gasteiger partial charge < -0.3 is 5.32 Å². The highest BCUT2D eigenvalue weighted by atomic mass is 16.2. The zero-order valence-corrected chi connectivity index (χ0v) is 11.6. The van der Waals surface area contributed by atoms with Gasteiger partial charge in [-0.3, -0.25) is 15.1 Å². The molecule has 4 heteroatoms. The summed E-state index contributed by atoms with van der Waals surface area (Å²) in [5.74, 6) is 1.79. The Morgan fingerprint density at radius 1 is 1.24 bits per heavy atom. The number of carbonyl (C=O) groups excluding carboxylic acids is 1. The van der Waals surface area contributed by atoms with Crippen LogP contribution < -0.4 is 10.6 Å². The van der Waals surface area contributed by atoms with E-state index in [-0.39, 0.29) is 5.91 Å². The van der Waals surface area contributed by atoms with Gasteiger partial charge in [-0.15, -0.1) is 0 Å². The maximum Gasteiger partial charge on any atom is 0.252 e. The molecule has 1 fully saturated rings. The minimum absolute atomic E-state index is 0.0423. The van der Waals surface area contributed by atoms with Gasteiger partial charge in [0.25, 0.3) is 5.91 Å². The molecule has 1 amide bonds. The van der Waals surface area contributed by atoms with Gasteiger partial charge in [-0.1, -0.05) is 27.7 Å². The Morgan fingerprint density at radius 2 is 1.88 bits per heavy atom. The molecule has 2 N–H and O–H groups in total. The lowest BCUT2D eigenvalue weighted by molar-refractivity contribution is -0.123. The van der Waals surface area contributed by atoms with Gasteiger partial charge in [-0.05, 0) is 31.6 Å². The zero-order chi connectivity index (χ0) is 13.1. The fourth-order valence-corrected chi connectivity index (χ4v) is 1.70. The maximum atomic E-state index is 11.9. The molecule has 1 aliphatic rings. The van der Waals surface area contributed by atoms with Crippen LogP contribution in [0.25, 0.3) is 0 Å². The van der Waals surface area contributed by atoms with E-state index in [0.717, 1.165) is 19.4 Å². The standard InChI is InChI=1S/C13H25N3O/c1-9(2)6-7-13(5)11(17)15-12(16-13)14-8-10(3)4/h9-10H,6-8H2,1-5H3,(H2,14,15,16,17). The van der Waals surface area contributed by atoms with Gasteiger partial charge in [-0.25, -0.2) is 0 Å². The van der Waals surface area contributed by atoms with E-state index in [0.29, 0.717) is 17.8 Å². The molecule has 4 nitrogen and oxygen atoms in total. The van der Waals surface area contributed by atoms with E-state index in [1.165, 1.54) is 0 Å². The third kappa shape index (κ3) is 4.02. The van der Waals surface area contributed by atoms with Crippen molar-refractivity contribution >= 4 is 11.9 Å². The van der Waals surface area contributed by atoms with Gasteiger partial charge in [0.15, 0.2) is 5.96 Å². The molecule has 1 aliphatic heterocycles. The van der Waals surface area contributed by atoms with Gasteiger partial charge in [0.2, 0.25) is 0 Å². The first-order valence-corrected chi connectivity index (χ1v) is 6.47. The number of aliphatic imine (C=N–C) groups is 1. The first kappa shape index (κ1) is 14.0. The number of rotatable bonds is 5. The topological polar surface area (TPSA) is 53.5 Å². The molecule has 0 spiro atoms. The van der Waals surface area contributed by atoms with E-state index in [2.05, 4.69) is 43.3 Å². The van der Waals surface area contributed by atoms with Crippen molar-refractivity contribution in [2.45, 2.75) is 53.0 Å². The molecule has 0 radical (unpaired) electrons. The lowest BCUT2D eigenvalue weighted by Gasteiger charge is -2.21. The number of amides is 1. The predicted octanol–water partition coefficient (Wildman–Crippen LogP) is 1.91. The third-order valence-corrected chi connectivity index (χ3v) is 2.96. The van der Waals surface area contributed by atoms with Crippen LogP contribution >= 0.6 is 0 Å². The number of nitrogens with zero attached hydrogens (tertiary/aromatic N) is 1. The Bertz CT molecular complexity index is 310. The molecule has 1 rings (SSSR count). The van der Waals surface area contributed by atoms with Gasteiger partial charge in [0, 0.05) is 6.54 Å². The molecule has 0 aliphatic carbocycles. The Kier molecular flexibility index (Phi) is 4.54. The van der Waals surface area contributed by atoms with Crippen LogP contribution in [0.4, 0.5) is 0 Å². The molecule has 98 valence electrons. The van der Waals surface area contributed by atoms with Crippen molar-refractivity contribution in [1.82, 2.24) is 10.6 Å². The van der Waals surface area contributed by atoms with E-state index in [1.54, 1.807) is 0 Å². The minimum Gasteiger partial charge on any atom is -0.342 e. The Labute approximate surface area is 104 Å². The van der Waals surface area contributed by atoms with Crippen molar-refractivity contribution in [2.75, 3.05) is 6.54 Å². The van der Waals surface area contributed by atoms with Gasteiger partial charge in [-0.2, -0.15) is 0 Å². The first-order valence-electron chi connectivity index (χ1n) is 6.47. The van der Waals surface area contributed by atoms with E-state index in [4.69, 9.17) is 0 Å². The molecule has 1 unspecified atom stereocenters. The van der Waals surface area contributed by atoms with E-state index >= 15 is 0 Å². The number of nitrogens with one attached hydrogen (secondary N) is 2. The van der Waals surface area contributed by atoms with Crippen molar-refractivity contribution in [3.63, 3.8) is 0 Å². The Morgan fingerprint density at radius 3 is 2.41 bits per heavy atom. The normalized spacial score (nSPS) is 26.8. The molecule has 0 aromatic carbocycles. The fraction of sp³-hybridized carbons (Fsp3) is 0.846. The van der Waals surface area contributed by atoms with Crippen LogP contribution in [0.3, 0.4) is 0 Å². The number of hydrogen-bond acceptors (Lipinski definition) is 2. The second-order valence-electron chi connectivity index (χ2n) is 5.93. The molecule has 1 saturated heterocycles. The second-order valence-corrected chi connectivity index (χ2v) is 5.93. The fourth-order valence-electron chi connectivity index (χ4n) is 1.70. The largest absolute Gasteiger partial charge is 0.342 e. The number of guanidine groups is 1. The van der Waals surface area contributed by atoms with Crippen LogP contribution in [0.5, 0.6) is 0 Å². The van der Waals surface area contributed by atoms with E-state index in [1.807, 2.05) is 6.92 Å². The van der Waals surface area contributed by atoms with Crippen molar-refractivity contribution < 1.29 is 4.79 Å². The average Bonchev–Trinajstić information content (AvgIpc) is 2.50. The highest BCUT2D eigenvalue weighted by Gasteiger charge is 2.40. The lowest BCUT2D eigenvalue weighted by atomic mass is 9.92. The molecule has 0 saturated carbocycles. The smallest absolute Gasteiger partial charge is 0.252 e. The van der Waals surface area contributed by atoms with Crippen molar-refractivity contribution in [3.05, 3.63) is 0 Å². The Balaban J connectivity index is 2.59. The molecular formula is C13H25N3O. The quantitative estimate of drug-likeness (QED) is 0.770. The van der Waals surface area contributed by atoms with E-state index < -0.39 is 5.54 Å². The molecule has 17 heavy (non-hydrogen) atoms. The molecule has 1 atom stereocenters. The third-order valence-electron chi connectivity index (χ3n) is 2.96. The van der Waals surface area contributed by atoms with Crippen LogP contribution in [0.15, 0.2) is 4.99 Å². The van der Waals surface area contributed by atoms with Crippen LogP contribution in [0.2, 0.25) is 0 Å². The number of hydrogen-bond donors (Lipinski definition) is 2. The zero-order valence-electron chi connectivity index (χ0n) is 11.6. The SMILES string of the molecule is CC(C)CCC1(C)NC(=NCC(C)C)NC1=O. The summed E-state index contributed by atoms with van der Waals surface area (Å²) in [7, 11) is 0.